The lowest BCUT2D eigenvalue weighted by Crippen LogP contribution is -2.30. The van der Waals surface area contributed by atoms with Gasteiger partial charge < -0.3 is 24.3 Å². The van der Waals surface area contributed by atoms with Crippen LogP contribution in [0.15, 0.2) is 48.8 Å². The van der Waals surface area contributed by atoms with Gasteiger partial charge in [-0.25, -0.2) is 4.98 Å². The topological polar surface area (TPSA) is 101 Å². The number of aromatic nitrogens is 2. The van der Waals surface area contributed by atoms with Gasteiger partial charge in [0.1, 0.15) is 29.1 Å². The number of aromatic hydroxyl groups is 1. The Morgan fingerprint density at radius 3 is 2.81 bits per heavy atom. The summed E-state index contributed by atoms with van der Waals surface area (Å²) in [5.41, 5.74) is 2.48. The average molecular weight is 365 g/mol. The predicted octanol–water partition coefficient (Wildman–Crippen LogP) is 2.35. The third kappa shape index (κ3) is 2.82. The van der Waals surface area contributed by atoms with Crippen molar-refractivity contribution in [1.29, 1.82) is 5.41 Å². The maximum atomic E-state index is 9.87. The molecule has 0 bridgehead atoms. The molecule has 3 N–H and O–H groups in total. The van der Waals surface area contributed by atoms with Crippen molar-refractivity contribution in [3.63, 3.8) is 0 Å². The zero-order valence-electron chi connectivity index (χ0n) is 14.7. The van der Waals surface area contributed by atoms with Gasteiger partial charge in [-0.3, -0.25) is 5.41 Å². The number of fused-ring (bicyclic) bond motifs is 2. The van der Waals surface area contributed by atoms with Crippen LogP contribution in [0.5, 0.6) is 23.1 Å². The Labute approximate surface area is 155 Å². The number of phenolic OH excluding ortho intramolecular Hbond substituents is 1. The van der Waals surface area contributed by atoms with Crippen LogP contribution in [0.1, 0.15) is 22.6 Å². The molecule has 0 unspecified atom stereocenters. The number of nitrogens with one attached hydrogen (secondary N) is 1. The molecule has 0 aliphatic carbocycles. The Morgan fingerprint density at radius 1 is 1.22 bits per heavy atom. The van der Waals surface area contributed by atoms with Gasteiger partial charge >= 0.3 is 0 Å². The van der Waals surface area contributed by atoms with Crippen molar-refractivity contribution in [2.75, 3.05) is 13.7 Å². The fourth-order valence-corrected chi connectivity index (χ4v) is 3.46. The normalized spacial score (nSPS) is 14.8. The Bertz CT molecular complexity index is 1060. The van der Waals surface area contributed by atoms with Gasteiger partial charge in [0, 0.05) is 23.7 Å². The molecule has 0 spiro atoms. The van der Waals surface area contributed by atoms with Crippen LogP contribution in [-0.2, 0) is 6.54 Å². The second kappa shape index (κ2) is 6.77. The number of aliphatic hydroxyl groups excluding tert-OH is 1. The third-order valence-corrected chi connectivity index (χ3v) is 4.68. The number of phenols is 1. The molecule has 2 aromatic carbocycles. The maximum Gasteiger partial charge on any atom is 0.228 e. The number of hydrogen-bond acceptors (Lipinski definition) is 6. The second-order valence-electron chi connectivity index (χ2n) is 6.23. The van der Waals surface area contributed by atoms with Crippen LogP contribution in [0.25, 0.3) is 0 Å². The summed E-state index contributed by atoms with van der Waals surface area (Å²) >= 11 is 0. The van der Waals surface area contributed by atoms with E-state index in [2.05, 4.69) is 4.98 Å². The molecule has 1 aliphatic rings. The average Bonchev–Trinajstić information content (AvgIpc) is 2.68. The van der Waals surface area contributed by atoms with Gasteiger partial charge in [-0.15, -0.1) is 0 Å². The monoisotopic (exact) mass is 365 g/mol. The number of nitrogens with zero attached hydrogens (tertiary/aromatic N) is 2. The number of methoxy groups -OCH3 is 1. The van der Waals surface area contributed by atoms with Gasteiger partial charge in [-0.1, -0.05) is 24.3 Å². The van der Waals surface area contributed by atoms with E-state index in [1.165, 1.54) is 6.33 Å². The third-order valence-electron chi connectivity index (χ3n) is 4.68. The van der Waals surface area contributed by atoms with E-state index >= 15 is 0 Å². The van der Waals surface area contributed by atoms with Crippen molar-refractivity contribution in [3.05, 3.63) is 71.0 Å². The first-order chi connectivity index (χ1) is 13.1. The maximum absolute atomic E-state index is 9.87. The van der Waals surface area contributed by atoms with Crippen molar-refractivity contribution in [2.45, 2.75) is 12.5 Å². The number of hydrogen-bond donors (Lipinski definition) is 3. The fraction of sp³-hybridized carbons (Fsp3) is 0.200. The van der Waals surface area contributed by atoms with E-state index in [1.54, 1.807) is 29.9 Å². The summed E-state index contributed by atoms with van der Waals surface area (Å²) in [5, 5.41) is 27.8. The van der Waals surface area contributed by atoms with Crippen molar-refractivity contribution in [3.8, 4) is 23.1 Å². The minimum Gasteiger partial charge on any atom is -0.508 e. The van der Waals surface area contributed by atoms with Crippen LogP contribution in [0.4, 0.5) is 0 Å². The smallest absolute Gasteiger partial charge is 0.228 e. The number of benzene rings is 2. The molecule has 0 saturated heterocycles. The second-order valence-corrected chi connectivity index (χ2v) is 6.23. The van der Waals surface area contributed by atoms with Crippen molar-refractivity contribution in [1.82, 2.24) is 9.55 Å². The van der Waals surface area contributed by atoms with Crippen LogP contribution in [0.2, 0.25) is 0 Å². The van der Waals surface area contributed by atoms with Crippen LogP contribution in [0, 0.1) is 5.41 Å². The first-order valence-corrected chi connectivity index (χ1v) is 8.52. The van der Waals surface area contributed by atoms with Gasteiger partial charge in [-0.2, -0.15) is 0 Å². The molecule has 138 valence electrons. The highest BCUT2D eigenvalue weighted by Gasteiger charge is 2.33. The Kier molecular flexibility index (Phi) is 4.29. The van der Waals surface area contributed by atoms with Crippen LogP contribution in [0.3, 0.4) is 0 Å². The van der Waals surface area contributed by atoms with Crippen LogP contribution in [-0.4, -0.2) is 33.5 Å². The van der Waals surface area contributed by atoms with E-state index in [1.807, 2.05) is 24.3 Å². The highest BCUT2D eigenvalue weighted by atomic mass is 16.5. The van der Waals surface area contributed by atoms with Crippen molar-refractivity contribution < 1.29 is 19.7 Å². The highest BCUT2D eigenvalue weighted by Crippen LogP contribution is 2.47. The molecule has 1 aliphatic heterocycles. The first-order valence-electron chi connectivity index (χ1n) is 8.52. The van der Waals surface area contributed by atoms with E-state index in [0.29, 0.717) is 22.9 Å². The van der Waals surface area contributed by atoms with E-state index < -0.39 is 0 Å². The fourth-order valence-electron chi connectivity index (χ4n) is 3.46. The minimum atomic E-state index is -0.355. The van der Waals surface area contributed by atoms with Gasteiger partial charge in [-0.05, 0) is 12.1 Å². The zero-order chi connectivity index (χ0) is 19.0. The Morgan fingerprint density at radius 2 is 2.04 bits per heavy atom. The van der Waals surface area contributed by atoms with Gasteiger partial charge in [0.05, 0.1) is 25.2 Å². The standard InChI is InChI=1S/C20H19N3O4/c1-26-15-5-3-2-4-13(15)17-14-7-6-12(25)10-16(14)27-20-18(17)19(21)23(8-9-24)11-22-20/h2-7,10-11,17,21,24-25H,8-9H2,1H3/t17-/m0/s1. The summed E-state index contributed by atoms with van der Waals surface area (Å²) in [6, 6.07) is 12.5. The van der Waals surface area contributed by atoms with E-state index in [9.17, 15) is 10.2 Å². The summed E-state index contributed by atoms with van der Waals surface area (Å²) in [6.07, 6.45) is 1.48. The van der Waals surface area contributed by atoms with Crippen LogP contribution < -0.4 is 15.0 Å². The molecule has 3 aromatic rings. The molecule has 7 heteroatoms. The molecule has 0 amide bonds. The molecule has 0 saturated carbocycles. The summed E-state index contributed by atoms with van der Waals surface area (Å²) in [7, 11) is 1.60. The first kappa shape index (κ1) is 17.1. The Hall–Kier alpha value is -3.32. The van der Waals surface area contributed by atoms with Crippen LogP contribution >= 0.6 is 0 Å². The number of ether oxygens (including phenoxy) is 2. The number of para-hydroxylation sites is 1. The summed E-state index contributed by atoms with van der Waals surface area (Å²) < 4.78 is 13.0. The van der Waals surface area contributed by atoms with Crippen molar-refractivity contribution >= 4 is 0 Å². The van der Waals surface area contributed by atoms with E-state index in [-0.39, 0.29) is 30.3 Å². The van der Waals surface area contributed by atoms with Gasteiger partial charge in [0.2, 0.25) is 5.88 Å². The molecular formula is C20H19N3O4. The van der Waals surface area contributed by atoms with Gasteiger partial charge in [0.25, 0.3) is 0 Å². The Balaban J connectivity index is 2.02. The molecule has 1 atom stereocenters. The number of aliphatic hydroxyl groups is 1. The lowest BCUT2D eigenvalue weighted by Gasteiger charge is -2.29. The molecule has 0 radical (unpaired) electrons. The quantitative estimate of drug-likeness (QED) is 0.515. The molecule has 4 rings (SSSR count). The van der Waals surface area contributed by atoms with Gasteiger partial charge in [0.15, 0.2) is 0 Å². The molecule has 0 fully saturated rings. The predicted molar refractivity (Wildman–Crippen MR) is 97.3 cm³/mol. The molecule has 27 heavy (non-hydrogen) atoms. The number of rotatable bonds is 4. The molecular weight excluding hydrogens is 346 g/mol. The summed E-state index contributed by atoms with van der Waals surface area (Å²) in [4.78, 5) is 4.35. The molecule has 7 nitrogen and oxygen atoms in total. The molecule has 1 aromatic heterocycles. The largest absolute Gasteiger partial charge is 0.508 e. The van der Waals surface area contributed by atoms with Crippen molar-refractivity contribution in [2.24, 2.45) is 0 Å². The van der Waals surface area contributed by atoms with E-state index in [0.717, 1.165) is 11.1 Å². The zero-order valence-corrected chi connectivity index (χ0v) is 14.7. The molecule has 2 heterocycles. The minimum absolute atomic E-state index is 0.0911. The summed E-state index contributed by atoms with van der Waals surface area (Å²) in [6.45, 7) is 0.168. The lowest BCUT2D eigenvalue weighted by molar-refractivity contribution is 0.271. The SMILES string of the molecule is COc1ccccc1[C@H]1c2ccc(O)cc2Oc2ncn(CCO)c(=N)c21. The van der Waals surface area contributed by atoms with E-state index in [4.69, 9.17) is 14.9 Å². The summed E-state index contributed by atoms with van der Waals surface area (Å²) in [5.74, 6) is 1.22. The lowest BCUT2D eigenvalue weighted by atomic mass is 9.83. The highest BCUT2D eigenvalue weighted by molar-refractivity contribution is 5.59.